The van der Waals surface area contributed by atoms with E-state index in [1.165, 1.54) is 16.7 Å². The number of rotatable bonds is 3. The van der Waals surface area contributed by atoms with Gasteiger partial charge in [0, 0.05) is 17.8 Å². The number of nitrogens with zero attached hydrogens (tertiary/aromatic N) is 1. The summed E-state index contributed by atoms with van der Waals surface area (Å²) in [6, 6.07) is 8.53. The highest BCUT2D eigenvalue weighted by Gasteiger charge is 2.06. The number of benzene rings is 1. The molecule has 2 aromatic rings. The van der Waals surface area contributed by atoms with Gasteiger partial charge in [-0.25, -0.2) is 0 Å². The van der Waals surface area contributed by atoms with Gasteiger partial charge in [-0.3, -0.25) is 5.10 Å². The van der Waals surface area contributed by atoms with Crippen molar-refractivity contribution < 1.29 is 0 Å². The molecule has 3 heteroatoms. The Morgan fingerprint density at radius 3 is 2.81 bits per heavy atom. The lowest BCUT2D eigenvalue weighted by atomic mass is 10.0. The molecule has 0 saturated carbocycles. The van der Waals surface area contributed by atoms with Gasteiger partial charge in [0.05, 0.1) is 5.69 Å². The van der Waals surface area contributed by atoms with E-state index in [0.29, 0.717) is 0 Å². The van der Waals surface area contributed by atoms with Crippen molar-refractivity contribution in [2.24, 2.45) is 0 Å². The molecule has 0 fully saturated rings. The molecule has 0 bridgehead atoms. The number of H-pyrrole nitrogens is 1. The van der Waals surface area contributed by atoms with Crippen LogP contribution in [0.4, 0.5) is 0 Å². The minimum Gasteiger partial charge on any atom is -0.314 e. The molecular weight excluding hydrogens is 198 g/mol. The average molecular weight is 215 g/mol. The monoisotopic (exact) mass is 215 g/mol. The van der Waals surface area contributed by atoms with Crippen LogP contribution in [0.15, 0.2) is 24.3 Å². The van der Waals surface area contributed by atoms with Crippen LogP contribution in [0.5, 0.6) is 0 Å². The summed E-state index contributed by atoms with van der Waals surface area (Å²) in [6.45, 7) is 5.03. The van der Waals surface area contributed by atoms with E-state index in [1.54, 1.807) is 0 Å². The van der Waals surface area contributed by atoms with Crippen LogP contribution in [0.3, 0.4) is 0 Å². The molecule has 84 valence electrons. The van der Waals surface area contributed by atoms with Crippen molar-refractivity contribution in [2.45, 2.75) is 20.4 Å². The Kier molecular flexibility index (Phi) is 3.06. The van der Waals surface area contributed by atoms with E-state index in [1.807, 2.05) is 7.05 Å². The van der Waals surface area contributed by atoms with E-state index in [0.717, 1.165) is 17.9 Å². The van der Waals surface area contributed by atoms with Gasteiger partial charge in [-0.15, -0.1) is 0 Å². The third-order valence-electron chi connectivity index (χ3n) is 2.67. The van der Waals surface area contributed by atoms with Gasteiger partial charge in [-0.05, 0) is 38.6 Å². The smallest absolute Gasteiger partial charge is 0.0926 e. The van der Waals surface area contributed by atoms with Crippen molar-refractivity contribution in [1.29, 1.82) is 0 Å². The molecule has 2 rings (SSSR count). The zero-order valence-corrected chi connectivity index (χ0v) is 9.96. The minimum absolute atomic E-state index is 0.817. The molecule has 0 unspecified atom stereocenters. The highest BCUT2D eigenvalue weighted by atomic mass is 15.1. The number of hydrogen-bond acceptors (Lipinski definition) is 2. The van der Waals surface area contributed by atoms with Crippen molar-refractivity contribution in [1.82, 2.24) is 15.5 Å². The first-order valence-electron chi connectivity index (χ1n) is 5.47. The molecule has 0 aliphatic rings. The molecule has 0 spiro atoms. The molecule has 0 aliphatic carbocycles. The zero-order valence-electron chi connectivity index (χ0n) is 9.96. The standard InChI is InChI=1S/C13H17N3/c1-9-4-5-10(2)12(6-9)13-7-11(8-14-3)15-16-13/h4-7,14H,8H2,1-3H3,(H,15,16). The van der Waals surface area contributed by atoms with Crippen molar-refractivity contribution in [3.8, 4) is 11.3 Å². The number of nitrogens with one attached hydrogen (secondary N) is 2. The summed E-state index contributed by atoms with van der Waals surface area (Å²) < 4.78 is 0. The van der Waals surface area contributed by atoms with Crippen molar-refractivity contribution in [3.63, 3.8) is 0 Å². The fraction of sp³-hybridized carbons (Fsp3) is 0.308. The van der Waals surface area contributed by atoms with Gasteiger partial charge in [0.1, 0.15) is 0 Å². The molecule has 0 amide bonds. The molecule has 1 aromatic heterocycles. The van der Waals surface area contributed by atoms with E-state index in [4.69, 9.17) is 0 Å². The Hall–Kier alpha value is -1.61. The Labute approximate surface area is 95.9 Å². The van der Waals surface area contributed by atoms with Crippen LogP contribution in [-0.4, -0.2) is 17.2 Å². The Morgan fingerprint density at radius 1 is 1.25 bits per heavy atom. The second-order valence-electron chi connectivity index (χ2n) is 4.13. The highest BCUT2D eigenvalue weighted by molar-refractivity contribution is 5.64. The minimum atomic E-state index is 0.817. The summed E-state index contributed by atoms with van der Waals surface area (Å²) >= 11 is 0. The highest BCUT2D eigenvalue weighted by Crippen LogP contribution is 2.23. The van der Waals surface area contributed by atoms with Gasteiger partial charge < -0.3 is 5.32 Å². The molecule has 0 aliphatic heterocycles. The second-order valence-corrected chi connectivity index (χ2v) is 4.13. The summed E-state index contributed by atoms with van der Waals surface area (Å²) in [6.07, 6.45) is 0. The van der Waals surface area contributed by atoms with E-state index in [-0.39, 0.29) is 0 Å². The molecule has 2 N–H and O–H groups in total. The normalized spacial score (nSPS) is 10.7. The Bertz CT molecular complexity index is 486. The van der Waals surface area contributed by atoms with Gasteiger partial charge in [0.15, 0.2) is 0 Å². The predicted molar refractivity (Wildman–Crippen MR) is 66.3 cm³/mol. The fourth-order valence-corrected chi connectivity index (χ4v) is 1.79. The molecule has 1 heterocycles. The van der Waals surface area contributed by atoms with Crippen LogP contribution in [0, 0.1) is 13.8 Å². The van der Waals surface area contributed by atoms with Gasteiger partial charge in [-0.1, -0.05) is 17.7 Å². The quantitative estimate of drug-likeness (QED) is 0.825. The largest absolute Gasteiger partial charge is 0.314 e. The third kappa shape index (κ3) is 2.14. The van der Waals surface area contributed by atoms with E-state index in [2.05, 4.69) is 53.6 Å². The number of aromatic nitrogens is 2. The topological polar surface area (TPSA) is 40.7 Å². The van der Waals surface area contributed by atoms with E-state index in [9.17, 15) is 0 Å². The van der Waals surface area contributed by atoms with Crippen molar-refractivity contribution in [2.75, 3.05) is 7.05 Å². The molecule has 1 aromatic carbocycles. The van der Waals surface area contributed by atoms with E-state index < -0.39 is 0 Å². The molecule has 0 atom stereocenters. The lowest BCUT2D eigenvalue weighted by Gasteiger charge is -2.03. The molecule has 3 nitrogen and oxygen atoms in total. The van der Waals surface area contributed by atoms with Gasteiger partial charge >= 0.3 is 0 Å². The first-order valence-corrected chi connectivity index (χ1v) is 5.47. The SMILES string of the molecule is CNCc1cc(-c2cc(C)ccc2C)n[nH]1. The second kappa shape index (κ2) is 4.49. The summed E-state index contributed by atoms with van der Waals surface area (Å²) in [4.78, 5) is 0. The maximum atomic E-state index is 4.34. The van der Waals surface area contributed by atoms with Crippen LogP contribution in [0.25, 0.3) is 11.3 Å². The predicted octanol–water partition coefficient (Wildman–Crippen LogP) is 2.41. The summed E-state index contributed by atoms with van der Waals surface area (Å²) in [5, 5.41) is 10.5. The maximum Gasteiger partial charge on any atom is 0.0926 e. The number of hydrogen-bond donors (Lipinski definition) is 2. The first kappa shape index (κ1) is 10.9. The van der Waals surface area contributed by atoms with Gasteiger partial charge in [-0.2, -0.15) is 5.10 Å². The fourth-order valence-electron chi connectivity index (χ4n) is 1.79. The van der Waals surface area contributed by atoms with E-state index >= 15 is 0 Å². The number of aromatic amines is 1. The van der Waals surface area contributed by atoms with Crippen LogP contribution in [-0.2, 0) is 6.54 Å². The van der Waals surface area contributed by atoms with Crippen molar-refractivity contribution in [3.05, 3.63) is 41.1 Å². The average Bonchev–Trinajstić information content (AvgIpc) is 2.71. The van der Waals surface area contributed by atoms with Crippen LogP contribution in [0.1, 0.15) is 16.8 Å². The molecule has 0 saturated heterocycles. The summed E-state index contributed by atoms with van der Waals surface area (Å²) in [5.74, 6) is 0. The van der Waals surface area contributed by atoms with Crippen LogP contribution >= 0.6 is 0 Å². The zero-order chi connectivity index (χ0) is 11.5. The summed E-state index contributed by atoms with van der Waals surface area (Å²) in [5.41, 5.74) is 5.86. The Morgan fingerprint density at radius 2 is 2.06 bits per heavy atom. The number of aryl methyl sites for hydroxylation is 2. The first-order chi connectivity index (χ1) is 7.70. The lowest BCUT2D eigenvalue weighted by Crippen LogP contribution is -2.04. The van der Waals surface area contributed by atoms with Gasteiger partial charge in [0.2, 0.25) is 0 Å². The third-order valence-corrected chi connectivity index (χ3v) is 2.67. The molecular formula is C13H17N3. The lowest BCUT2D eigenvalue weighted by molar-refractivity contribution is 0.784. The Balaban J connectivity index is 2.38. The van der Waals surface area contributed by atoms with Gasteiger partial charge in [0.25, 0.3) is 0 Å². The summed E-state index contributed by atoms with van der Waals surface area (Å²) in [7, 11) is 1.93. The maximum absolute atomic E-state index is 4.34. The van der Waals surface area contributed by atoms with Crippen LogP contribution < -0.4 is 5.32 Å². The van der Waals surface area contributed by atoms with Crippen molar-refractivity contribution >= 4 is 0 Å². The molecule has 16 heavy (non-hydrogen) atoms. The molecule has 0 radical (unpaired) electrons. The van der Waals surface area contributed by atoms with Crippen LogP contribution in [0.2, 0.25) is 0 Å².